The monoisotopic (exact) mass is 314 g/mol. The van der Waals surface area contributed by atoms with Crippen LogP contribution in [0.15, 0.2) is 11.1 Å². The Kier molecular flexibility index (Phi) is 4.60. The van der Waals surface area contributed by atoms with E-state index in [2.05, 4.69) is 32.6 Å². The van der Waals surface area contributed by atoms with Crippen LogP contribution in [-0.2, 0) is 0 Å². The molecule has 1 rings (SSSR count). The third-order valence-corrected chi connectivity index (χ3v) is 3.48. The fourth-order valence-electron chi connectivity index (χ4n) is 0.722. The van der Waals surface area contributed by atoms with Gasteiger partial charge in [-0.1, -0.05) is 22.6 Å². The first-order valence-electron chi connectivity index (χ1n) is 3.42. The Morgan fingerprint density at radius 1 is 1.58 bits per heavy atom. The lowest BCUT2D eigenvalue weighted by Crippen LogP contribution is -1.90. The lowest BCUT2D eigenvalue weighted by Gasteiger charge is -1.99. The number of aromatic nitrogens is 2. The maximum Gasteiger partial charge on any atom is 0.223 e. The van der Waals surface area contributed by atoms with Crippen molar-refractivity contribution in [2.75, 3.05) is 10.2 Å². The molecule has 0 saturated carbocycles. The average Bonchev–Trinajstić information content (AvgIpc) is 1.99. The number of thioether (sulfide) groups is 1. The SMILES string of the molecule is Cc1cc(SCCI)nc(Cl)n1. The molecule has 12 heavy (non-hydrogen) atoms. The smallest absolute Gasteiger partial charge is 0.223 e. The van der Waals surface area contributed by atoms with Crippen LogP contribution in [0.5, 0.6) is 0 Å². The van der Waals surface area contributed by atoms with Gasteiger partial charge in [0.2, 0.25) is 5.28 Å². The maximum atomic E-state index is 5.69. The van der Waals surface area contributed by atoms with E-state index in [0.29, 0.717) is 5.28 Å². The van der Waals surface area contributed by atoms with Crippen LogP contribution in [0.25, 0.3) is 0 Å². The molecule has 5 heteroatoms. The Morgan fingerprint density at radius 3 is 2.92 bits per heavy atom. The molecule has 0 aliphatic carbocycles. The van der Waals surface area contributed by atoms with Gasteiger partial charge >= 0.3 is 0 Å². The molecular weight excluding hydrogens is 307 g/mol. The second kappa shape index (κ2) is 5.24. The molecule has 0 radical (unpaired) electrons. The van der Waals surface area contributed by atoms with E-state index < -0.39 is 0 Å². The van der Waals surface area contributed by atoms with Gasteiger partial charge in [-0.3, -0.25) is 0 Å². The van der Waals surface area contributed by atoms with Crippen molar-refractivity contribution < 1.29 is 0 Å². The minimum absolute atomic E-state index is 0.339. The van der Waals surface area contributed by atoms with Gasteiger partial charge < -0.3 is 0 Å². The minimum Gasteiger partial charge on any atom is -0.223 e. The van der Waals surface area contributed by atoms with Crippen LogP contribution in [0.1, 0.15) is 5.69 Å². The number of halogens is 2. The Labute approximate surface area is 94.7 Å². The molecule has 1 heterocycles. The molecular formula is C7H8ClIN2S. The third kappa shape index (κ3) is 3.45. The highest BCUT2D eigenvalue weighted by molar-refractivity contribution is 14.1. The van der Waals surface area contributed by atoms with E-state index in [0.717, 1.165) is 20.9 Å². The van der Waals surface area contributed by atoms with Crippen molar-refractivity contribution in [3.8, 4) is 0 Å². The molecule has 0 aromatic carbocycles. The number of nitrogens with zero attached hydrogens (tertiary/aromatic N) is 2. The van der Waals surface area contributed by atoms with Crippen LogP contribution in [0.3, 0.4) is 0 Å². The molecule has 0 bridgehead atoms. The number of rotatable bonds is 3. The standard InChI is InChI=1S/C7H8ClIN2S/c1-5-4-6(12-3-2-9)11-7(8)10-5/h4H,2-3H2,1H3. The molecule has 0 aliphatic heterocycles. The van der Waals surface area contributed by atoms with Crippen LogP contribution in [-0.4, -0.2) is 20.1 Å². The quantitative estimate of drug-likeness (QED) is 0.282. The zero-order valence-corrected chi connectivity index (χ0v) is 10.3. The summed E-state index contributed by atoms with van der Waals surface area (Å²) in [6.45, 7) is 1.92. The first-order valence-corrected chi connectivity index (χ1v) is 6.31. The number of hydrogen-bond donors (Lipinski definition) is 0. The predicted molar refractivity (Wildman–Crippen MR) is 61.4 cm³/mol. The highest BCUT2D eigenvalue weighted by Crippen LogP contribution is 2.17. The first-order chi connectivity index (χ1) is 5.72. The molecule has 0 atom stereocenters. The predicted octanol–water partition coefficient (Wildman–Crippen LogP) is 2.97. The summed E-state index contributed by atoms with van der Waals surface area (Å²) in [4.78, 5) is 8.07. The lowest BCUT2D eigenvalue weighted by molar-refractivity contribution is 1.01. The second-order valence-electron chi connectivity index (χ2n) is 2.15. The summed E-state index contributed by atoms with van der Waals surface area (Å²) in [5.41, 5.74) is 0.922. The van der Waals surface area contributed by atoms with Crippen molar-refractivity contribution in [1.29, 1.82) is 0 Å². The Bertz CT molecular complexity index is 249. The molecule has 0 spiro atoms. The highest BCUT2D eigenvalue weighted by Gasteiger charge is 1.99. The van der Waals surface area contributed by atoms with Crippen LogP contribution >= 0.6 is 46.0 Å². The second-order valence-corrected chi connectivity index (χ2v) is 4.69. The van der Waals surface area contributed by atoms with Crippen molar-refractivity contribution >= 4 is 46.0 Å². The van der Waals surface area contributed by atoms with Crippen molar-refractivity contribution in [2.45, 2.75) is 11.9 Å². The summed E-state index contributed by atoms with van der Waals surface area (Å²) in [6.07, 6.45) is 0. The normalized spacial score (nSPS) is 10.2. The van der Waals surface area contributed by atoms with Gasteiger partial charge in [0.1, 0.15) is 5.03 Å². The summed E-state index contributed by atoms with van der Waals surface area (Å²) >= 11 is 9.73. The maximum absolute atomic E-state index is 5.69. The molecule has 0 saturated heterocycles. The summed E-state index contributed by atoms with van der Waals surface area (Å²) in [6, 6.07) is 1.95. The average molecular weight is 315 g/mol. The molecule has 2 nitrogen and oxygen atoms in total. The molecule has 0 aliphatic rings. The molecule has 66 valence electrons. The van der Waals surface area contributed by atoms with Gasteiger partial charge in [-0.25, -0.2) is 9.97 Å². The van der Waals surface area contributed by atoms with Crippen molar-refractivity contribution in [1.82, 2.24) is 9.97 Å². The molecule has 0 unspecified atom stereocenters. The molecule has 1 aromatic heterocycles. The van der Waals surface area contributed by atoms with Crippen LogP contribution in [0, 0.1) is 6.92 Å². The molecule has 0 fully saturated rings. The van der Waals surface area contributed by atoms with Crippen molar-refractivity contribution in [3.63, 3.8) is 0 Å². The fourth-order valence-corrected chi connectivity index (χ4v) is 2.35. The van der Waals surface area contributed by atoms with Crippen molar-refractivity contribution in [3.05, 3.63) is 17.0 Å². The van der Waals surface area contributed by atoms with E-state index in [4.69, 9.17) is 11.6 Å². The molecule has 0 amide bonds. The number of hydrogen-bond acceptors (Lipinski definition) is 3. The fraction of sp³-hybridized carbons (Fsp3) is 0.429. The van der Waals surface area contributed by atoms with E-state index in [-0.39, 0.29) is 0 Å². The van der Waals surface area contributed by atoms with E-state index >= 15 is 0 Å². The van der Waals surface area contributed by atoms with Crippen LogP contribution in [0.4, 0.5) is 0 Å². The van der Waals surface area contributed by atoms with Crippen LogP contribution in [0.2, 0.25) is 5.28 Å². The van der Waals surface area contributed by atoms with Gasteiger partial charge in [-0.05, 0) is 24.6 Å². The van der Waals surface area contributed by atoms with E-state index in [1.54, 1.807) is 11.8 Å². The third-order valence-electron chi connectivity index (χ3n) is 1.13. The van der Waals surface area contributed by atoms with Crippen LogP contribution < -0.4 is 0 Å². The van der Waals surface area contributed by atoms with E-state index in [9.17, 15) is 0 Å². The van der Waals surface area contributed by atoms with Gasteiger partial charge in [-0.15, -0.1) is 11.8 Å². The zero-order chi connectivity index (χ0) is 8.97. The van der Waals surface area contributed by atoms with E-state index in [1.165, 1.54) is 0 Å². The Balaban J connectivity index is 2.72. The van der Waals surface area contributed by atoms with Gasteiger partial charge in [0, 0.05) is 15.9 Å². The molecule has 0 N–H and O–H groups in total. The van der Waals surface area contributed by atoms with Gasteiger partial charge in [0.15, 0.2) is 0 Å². The zero-order valence-electron chi connectivity index (χ0n) is 6.55. The largest absolute Gasteiger partial charge is 0.223 e. The minimum atomic E-state index is 0.339. The number of aryl methyl sites for hydroxylation is 1. The van der Waals surface area contributed by atoms with E-state index in [1.807, 2.05) is 13.0 Å². The Morgan fingerprint density at radius 2 is 2.33 bits per heavy atom. The number of alkyl halides is 1. The van der Waals surface area contributed by atoms with Gasteiger partial charge in [0.25, 0.3) is 0 Å². The van der Waals surface area contributed by atoms with Gasteiger partial charge in [-0.2, -0.15) is 0 Å². The van der Waals surface area contributed by atoms with Crippen molar-refractivity contribution in [2.24, 2.45) is 0 Å². The topological polar surface area (TPSA) is 25.8 Å². The summed E-state index contributed by atoms with van der Waals surface area (Å²) < 4.78 is 1.11. The lowest BCUT2D eigenvalue weighted by atomic mass is 10.5. The summed E-state index contributed by atoms with van der Waals surface area (Å²) in [5, 5.41) is 1.30. The van der Waals surface area contributed by atoms with Gasteiger partial charge in [0.05, 0.1) is 0 Å². The molecule has 1 aromatic rings. The first kappa shape index (κ1) is 10.5. The summed E-state index contributed by atoms with van der Waals surface area (Å²) in [7, 11) is 0. The summed E-state index contributed by atoms with van der Waals surface area (Å²) in [5.74, 6) is 1.06. The Hall–Kier alpha value is 0.450. The highest BCUT2D eigenvalue weighted by atomic mass is 127.